The average molecular weight is 404 g/mol. The van der Waals surface area contributed by atoms with Gasteiger partial charge in [0.05, 0.1) is 10.2 Å². The fourth-order valence-corrected chi connectivity index (χ4v) is 0. The maximum absolute atomic E-state index is 9.43. The van der Waals surface area contributed by atoms with Crippen LogP contribution in [0, 0.1) is 30.6 Å². The standard InChI is InChI=1S/C3H7NO.2NO3.Pb/c1-4(2)3-5;2*2-1(3)4;/h3H,1-2H3;;;/q;2*-1;+2. The second kappa shape index (κ2) is 17.8. The van der Waals surface area contributed by atoms with Crippen molar-refractivity contribution in [2.75, 3.05) is 14.1 Å². The van der Waals surface area contributed by atoms with Crippen LogP contribution in [0.2, 0.25) is 0 Å². The molecular formula is C3H7N3O7Pb. The molecule has 0 aromatic rings. The van der Waals surface area contributed by atoms with E-state index in [2.05, 4.69) is 0 Å². The van der Waals surface area contributed by atoms with Crippen LogP contribution < -0.4 is 0 Å². The maximum Gasteiger partial charge on any atom is 2.00 e. The van der Waals surface area contributed by atoms with E-state index in [9.17, 15) is 4.79 Å². The Morgan fingerprint density at radius 2 is 1.07 bits per heavy atom. The zero-order valence-corrected chi connectivity index (χ0v) is 11.2. The largest absolute Gasteiger partial charge is 2.00 e. The number of hydrogen-bond acceptors (Lipinski definition) is 7. The number of nitrogens with zero attached hydrogens (tertiary/aromatic N) is 3. The molecule has 0 aliphatic rings. The first-order valence-electron chi connectivity index (χ1n) is 2.48. The third-order valence-corrected chi connectivity index (χ3v) is 0.211. The summed E-state index contributed by atoms with van der Waals surface area (Å²) in [6, 6.07) is 0. The third-order valence-electron chi connectivity index (χ3n) is 0.211. The van der Waals surface area contributed by atoms with Gasteiger partial charge < -0.3 is 35.5 Å². The maximum atomic E-state index is 9.43. The van der Waals surface area contributed by atoms with E-state index in [0.29, 0.717) is 0 Å². The molecular weight excluding hydrogens is 397 g/mol. The van der Waals surface area contributed by atoms with Crippen LogP contribution >= 0.6 is 0 Å². The van der Waals surface area contributed by atoms with Crippen molar-refractivity contribution >= 4 is 33.7 Å². The van der Waals surface area contributed by atoms with E-state index in [0.717, 1.165) is 6.41 Å². The van der Waals surface area contributed by atoms with Gasteiger partial charge in [-0.2, -0.15) is 0 Å². The molecule has 2 radical (unpaired) electrons. The van der Waals surface area contributed by atoms with Crippen LogP contribution in [0.3, 0.4) is 0 Å². The summed E-state index contributed by atoms with van der Waals surface area (Å²) in [7, 11) is 3.38. The van der Waals surface area contributed by atoms with Gasteiger partial charge in [-0.25, -0.2) is 0 Å². The molecule has 0 unspecified atom stereocenters. The zero-order valence-electron chi connectivity index (χ0n) is 7.28. The molecule has 0 heterocycles. The Balaban J connectivity index is -0.0000000522. The monoisotopic (exact) mass is 405 g/mol. The van der Waals surface area contributed by atoms with Crippen molar-refractivity contribution in [2.45, 2.75) is 0 Å². The first kappa shape index (κ1) is 23.0. The smallest absolute Gasteiger partial charge is 0.356 e. The van der Waals surface area contributed by atoms with Crippen LogP contribution in [0.5, 0.6) is 0 Å². The zero-order chi connectivity index (χ0) is 11.4. The Kier molecular flexibility index (Phi) is 29.2. The van der Waals surface area contributed by atoms with Gasteiger partial charge in [-0.3, -0.25) is 4.79 Å². The predicted octanol–water partition coefficient (Wildman–Crippen LogP) is -1.15. The van der Waals surface area contributed by atoms with Gasteiger partial charge in [-0.15, -0.1) is 0 Å². The molecule has 0 atom stereocenters. The van der Waals surface area contributed by atoms with E-state index < -0.39 is 10.2 Å². The quantitative estimate of drug-likeness (QED) is 0.231. The van der Waals surface area contributed by atoms with Crippen molar-refractivity contribution < 1.29 is 15.0 Å². The minimum absolute atomic E-state index is 0. The molecule has 80 valence electrons. The number of rotatable bonds is 1. The van der Waals surface area contributed by atoms with E-state index in [1.807, 2.05) is 0 Å². The van der Waals surface area contributed by atoms with Crippen LogP contribution in [0.1, 0.15) is 0 Å². The molecule has 0 aromatic carbocycles. The minimum atomic E-state index is -1.75. The molecule has 0 saturated carbocycles. The summed E-state index contributed by atoms with van der Waals surface area (Å²) >= 11 is 0. The molecule has 0 aromatic heterocycles. The van der Waals surface area contributed by atoms with Crippen molar-refractivity contribution in [3.05, 3.63) is 30.6 Å². The van der Waals surface area contributed by atoms with Crippen molar-refractivity contribution in [2.24, 2.45) is 0 Å². The van der Waals surface area contributed by atoms with Gasteiger partial charge >= 0.3 is 27.3 Å². The Hall–Kier alpha value is -1.21. The van der Waals surface area contributed by atoms with Crippen molar-refractivity contribution in [3.63, 3.8) is 0 Å². The molecule has 0 bridgehead atoms. The van der Waals surface area contributed by atoms with Crippen LogP contribution in [0.25, 0.3) is 0 Å². The third kappa shape index (κ3) is 1650. The molecule has 0 aliphatic heterocycles. The van der Waals surface area contributed by atoms with E-state index in [1.54, 1.807) is 14.1 Å². The van der Waals surface area contributed by atoms with Gasteiger partial charge in [-0.1, -0.05) is 0 Å². The normalized spacial score (nSPS) is 5.86. The topological polar surface area (TPSA) is 153 Å². The van der Waals surface area contributed by atoms with Crippen molar-refractivity contribution in [1.82, 2.24) is 4.90 Å². The summed E-state index contributed by atoms with van der Waals surface area (Å²) in [6.45, 7) is 0. The van der Waals surface area contributed by atoms with Crippen molar-refractivity contribution in [1.29, 1.82) is 0 Å². The van der Waals surface area contributed by atoms with Gasteiger partial charge in [-0.05, 0) is 0 Å². The van der Waals surface area contributed by atoms with E-state index in [4.69, 9.17) is 30.6 Å². The summed E-state index contributed by atoms with van der Waals surface area (Å²) < 4.78 is 0. The predicted molar refractivity (Wildman–Crippen MR) is 46.2 cm³/mol. The molecule has 0 fully saturated rings. The van der Waals surface area contributed by atoms with Gasteiger partial charge in [0.25, 0.3) is 0 Å². The fourth-order valence-electron chi connectivity index (χ4n) is 0. The van der Waals surface area contributed by atoms with E-state index in [-0.39, 0.29) is 27.3 Å². The van der Waals surface area contributed by atoms with Gasteiger partial charge in [0.1, 0.15) is 0 Å². The SMILES string of the molecule is CN(C)C=O.O=[N+]([O-])[O-].O=[N+]([O-])[O-].[Pb+2]. The molecule has 0 rings (SSSR count). The molecule has 14 heavy (non-hydrogen) atoms. The molecule has 11 heteroatoms. The first-order valence-corrected chi connectivity index (χ1v) is 2.48. The summed E-state index contributed by atoms with van der Waals surface area (Å²) in [6.07, 6.45) is 0.750. The van der Waals surface area contributed by atoms with Gasteiger partial charge in [0, 0.05) is 14.1 Å². The average Bonchev–Trinajstić information content (AvgIpc) is 1.84. The number of amides is 1. The van der Waals surface area contributed by atoms with Crippen LogP contribution in [-0.4, -0.2) is 62.9 Å². The van der Waals surface area contributed by atoms with Crippen molar-refractivity contribution in [3.8, 4) is 0 Å². The van der Waals surface area contributed by atoms with Gasteiger partial charge in [0.15, 0.2) is 0 Å². The Morgan fingerprint density at radius 1 is 1.00 bits per heavy atom. The summed E-state index contributed by atoms with van der Waals surface area (Å²) in [5.74, 6) is 0. The molecule has 0 saturated heterocycles. The molecule has 0 N–H and O–H groups in total. The first-order chi connectivity index (χ1) is 5.73. The Morgan fingerprint density at radius 3 is 1.07 bits per heavy atom. The minimum Gasteiger partial charge on any atom is -0.356 e. The summed E-state index contributed by atoms with van der Waals surface area (Å²) in [4.78, 5) is 27.4. The van der Waals surface area contributed by atoms with Crippen LogP contribution in [0.4, 0.5) is 0 Å². The summed E-state index contributed by atoms with van der Waals surface area (Å²) in [5, 5.41) is 29.5. The second-order valence-electron chi connectivity index (χ2n) is 1.52. The fraction of sp³-hybridized carbons (Fsp3) is 0.667. The Labute approximate surface area is 98.5 Å². The molecule has 10 nitrogen and oxygen atoms in total. The second-order valence-corrected chi connectivity index (χ2v) is 1.52. The summed E-state index contributed by atoms with van der Waals surface area (Å²) in [5.41, 5.74) is 0. The number of carbonyl (C=O) groups excluding carboxylic acids is 1. The van der Waals surface area contributed by atoms with E-state index >= 15 is 0 Å². The number of hydrogen-bond donors (Lipinski definition) is 0. The number of carbonyl (C=O) groups is 1. The molecule has 1 amide bonds. The van der Waals surface area contributed by atoms with Crippen LogP contribution in [-0.2, 0) is 4.79 Å². The molecule has 0 aliphatic carbocycles. The Bertz CT molecular complexity index is 142. The van der Waals surface area contributed by atoms with Gasteiger partial charge in [0.2, 0.25) is 6.41 Å². The van der Waals surface area contributed by atoms with E-state index in [1.165, 1.54) is 4.90 Å². The van der Waals surface area contributed by atoms with Crippen LogP contribution in [0.15, 0.2) is 0 Å². The molecule has 0 spiro atoms.